The Kier molecular flexibility index (Phi) is 13.7. The summed E-state index contributed by atoms with van der Waals surface area (Å²) in [5, 5.41) is 18.1. The molecule has 1 aliphatic carbocycles. The predicted octanol–water partition coefficient (Wildman–Crippen LogP) is 1.55. The van der Waals surface area contributed by atoms with E-state index in [4.69, 9.17) is 18.9 Å². The average molecular weight is 791 g/mol. The number of nitrogens with one attached hydrogen (secondary N) is 6. The van der Waals surface area contributed by atoms with Crippen LogP contribution in [0.1, 0.15) is 44.5 Å². The van der Waals surface area contributed by atoms with E-state index in [2.05, 4.69) is 31.9 Å². The molecule has 0 unspecified atom stereocenters. The molecular formula is C44H50N6O8. The van der Waals surface area contributed by atoms with Gasteiger partial charge in [-0.15, -0.1) is 0 Å². The van der Waals surface area contributed by atoms with E-state index in [0.717, 1.165) is 44.5 Å². The van der Waals surface area contributed by atoms with Crippen LogP contribution in [0.3, 0.4) is 0 Å². The smallest absolute Gasteiger partial charge is 0.258 e. The van der Waals surface area contributed by atoms with Crippen molar-refractivity contribution in [3.8, 4) is 23.0 Å². The van der Waals surface area contributed by atoms with Crippen molar-refractivity contribution in [2.24, 2.45) is 0 Å². The van der Waals surface area contributed by atoms with Gasteiger partial charge in [0.05, 0.1) is 0 Å². The third kappa shape index (κ3) is 10.6. The fraction of sp³-hybridized carbons (Fsp3) is 0.364. The van der Waals surface area contributed by atoms with Gasteiger partial charge in [0.25, 0.3) is 23.6 Å². The van der Waals surface area contributed by atoms with Crippen LogP contribution < -0.4 is 50.8 Å². The van der Waals surface area contributed by atoms with E-state index >= 15 is 0 Å². The highest BCUT2D eigenvalue weighted by Crippen LogP contribution is 2.39. The Morgan fingerprint density at radius 2 is 0.517 bits per heavy atom. The van der Waals surface area contributed by atoms with Crippen molar-refractivity contribution in [1.82, 2.24) is 31.9 Å². The van der Waals surface area contributed by atoms with Crippen LogP contribution in [0.15, 0.2) is 72.8 Å². The Bertz CT molecular complexity index is 1890. The van der Waals surface area contributed by atoms with Crippen LogP contribution >= 0.6 is 0 Å². The summed E-state index contributed by atoms with van der Waals surface area (Å²) in [5.41, 5.74) is 6.50. The molecule has 0 atom stereocenters. The Hall–Kier alpha value is -6.12. The first kappa shape index (κ1) is 40.1. The van der Waals surface area contributed by atoms with Gasteiger partial charge in [0, 0.05) is 78.0 Å². The normalized spacial score (nSPS) is 17.7. The first-order valence-electron chi connectivity index (χ1n) is 19.8. The molecule has 4 amide bonds. The van der Waals surface area contributed by atoms with Gasteiger partial charge in [0.2, 0.25) is 0 Å². The summed E-state index contributed by atoms with van der Waals surface area (Å²) in [6, 6.07) is 23.5. The van der Waals surface area contributed by atoms with E-state index in [1.807, 2.05) is 72.8 Å². The zero-order chi connectivity index (χ0) is 40.1. The van der Waals surface area contributed by atoms with Crippen molar-refractivity contribution in [2.45, 2.75) is 25.7 Å². The van der Waals surface area contributed by atoms with Crippen molar-refractivity contribution in [1.29, 1.82) is 0 Å². The molecule has 304 valence electrons. The summed E-state index contributed by atoms with van der Waals surface area (Å²) in [5.74, 6) is 0.951. The molecule has 0 fully saturated rings. The van der Waals surface area contributed by atoms with Crippen molar-refractivity contribution in [3.05, 3.63) is 117 Å². The van der Waals surface area contributed by atoms with Gasteiger partial charge in [-0.2, -0.15) is 0 Å². The maximum atomic E-state index is 13.2. The Labute approximate surface area is 337 Å². The summed E-state index contributed by atoms with van der Waals surface area (Å²) < 4.78 is 25.7. The van der Waals surface area contributed by atoms with Crippen LogP contribution in [-0.2, 0) is 44.9 Å². The summed E-state index contributed by atoms with van der Waals surface area (Å²) >= 11 is 0. The Balaban J connectivity index is 1.41. The molecule has 3 aliphatic rings. The van der Waals surface area contributed by atoms with Gasteiger partial charge < -0.3 is 50.8 Å². The van der Waals surface area contributed by atoms with Crippen LogP contribution in [0.2, 0.25) is 0 Å². The molecule has 12 bridgehead atoms. The first-order chi connectivity index (χ1) is 28.4. The zero-order valence-electron chi connectivity index (χ0n) is 32.5. The molecule has 7 rings (SSSR count). The molecule has 0 saturated heterocycles. The lowest BCUT2D eigenvalue weighted by Gasteiger charge is -2.22. The lowest BCUT2D eigenvalue weighted by Crippen LogP contribution is -2.39. The number of ether oxygens (including phenoxy) is 4. The third-order valence-electron chi connectivity index (χ3n) is 10.1. The van der Waals surface area contributed by atoms with E-state index in [-0.39, 0.29) is 63.1 Å². The van der Waals surface area contributed by atoms with Crippen LogP contribution in [-0.4, -0.2) is 102 Å². The Morgan fingerprint density at radius 3 is 0.759 bits per heavy atom. The molecule has 14 heteroatoms. The van der Waals surface area contributed by atoms with Crippen LogP contribution in [0, 0.1) is 0 Å². The second-order valence-electron chi connectivity index (χ2n) is 14.4. The second kappa shape index (κ2) is 19.8. The average Bonchev–Trinajstić information content (AvgIpc) is 3.21. The Morgan fingerprint density at radius 1 is 0.310 bits per heavy atom. The highest BCUT2D eigenvalue weighted by molar-refractivity contribution is 5.79. The van der Waals surface area contributed by atoms with Gasteiger partial charge in [-0.05, 0) is 44.5 Å². The van der Waals surface area contributed by atoms with E-state index in [0.29, 0.717) is 87.9 Å². The molecule has 2 aliphatic heterocycles. The van der Waals surface area contributed by atoms with Crippen molar-refractivity contribution in [3.63, 3.8) is 0 Å². The van der Waals surface area contributed by atoms with Gasteiger partial charge >= 0.3 is 0 Å². The van der Waals surface area contributed by atoms with Crippen molar-refractivity contribution >= 4 is 23.6 Å². The van der Waals surface area contributed by atoms with E-state index in [1.165, 1.54) is 0 Å². The molecular weight excluding hydrogens is 741 g/mol. The summed E-state index contributed by atoms with van der Waals surface area (Å²) in [6.45, 7) is 2.81. The maximum Gasteiger partial charge on any atom is 0.258 e. The molecule has 6 N–H and O–H groups in total. The van der Waals surface area contributed by atoms with Gasteiger partial charge in [0.1, 0.15) is 23.0 Å². The second-order valence-corrected chi connectivity index (χ2v) is 14.4. The summed E-state index contributed by atoms with van der Waals surface area (Å²) in [7, 11) is 0. The maximum absolute atomic E-state index is 13.2. The molecule has 4 aromatic rings. The van der Waals surface area contributed by atoms with Gasteiger partial charge in [-0.3, -0.25) is 19.2 Å². The lowest BCUT2D eigenvalue weighted by atomic mass is 9.91. The SMILES string of the molecule is O=C1COc2c3cccc2Cc2cccc4c2OCC(=O)NCCNC(=O)COc2c(cccc2Cc2cccc(c2OCC(=O)NCCNCCNCCN1)C4)C3. The molecule has 0 radical (unpaired) electrons. The molecule has 14 nitrogen and oxygen atoms in total. The van der Waals surface area contributed by atoms with Gasteiger partial charge in [0.15, 0.2) is 26.4 Å². The molecule has 0 aromatic heterocycles. The standard InChI is InChI=1S/C44H50N6O8/c51-37-25-55-41-29-5-1-6-30(41)22-34-10-4-12-36-24-32-8-2-7-31(42(32)56-26-38(52)48-18-16-46-14-13-45-15-17-47-37)23-35-11-3-9-33(21-29)43(35)57-27-39(53)49-19-20-50-40(54)28-58-44(34)36/h1-12,45-46H,13-28H2,(H,47,51)(H,48,52)(H,49,53)(H,50,54). The topological polar surface area (TPSA) is 177 Å². The first-order valence-corrected chi connectivity index (χ1v) is 19.8. The monoisotopic (exact) mass is 790 g/mol. The van der Waals surface area contributed by atoms with Crippen LogP contribution in [0.25, 0.3) is 0 Å². The molecule has 58 heavy (non-hydrogen) atoms. The van der Waals surface area contributed by atoms with E-state index < -0.39 is 0 Å². The number of hydrogen-bond donors (Lipinski definition) is 6. The highest BCUT2D eigenvalue weighted by atomic mass is 16.5. The minimum Gasteiger partial charge on any atom is -0.483 e. The minimum atomic E-state index is -0.351. The van der Waals surface area contributed by atoms with E-state index in [9.17, 15) is 19.2 Å². The van der Waals surface area contributed by atoms with Gasteiger partial charge in [-0.1, -0.05) is 72.8 Å². The fourth-order valence-electron chi connectivity index (χ4n) is 7.39. The number of rotatable bonds is 0. The van der Waals surface area contributed by atoms with Crippen molar-refractivity contribution < 1.29 is 38.1 Å². The summed E-state index contributed by atoms with van der Waals surface area (Å²) in [4.78, 5) is 52.6. The number of benzene rings is 4. The molecule has 0 saturated carbocycles. The third-order valence-corrected chi connectivity index (χ3v) is 10.1. The fourth-order valence-corrected chi connectivity index (χ4v) is 7.39. The number of para-hydroxylation sites is 4. The predicted molar refractivity (Wildman–Crippen MR) is 217 cm³/mol. The molecule has 4 aromatic carbocycles. The van der Waals surface area contributed by atoms with E-state index in [1.54, 1.807) is 0 Å². The quantitative estimate of drug-likeness (QED) is 0.135. The lowest BCUT2D eigenvalue weighted by molar-refractivity contribution is -0.124. The number of hydrogen-bond acceptors (Lipinski definition) is 10. The van der Waals surface area contributed by atoms with Crippen molar-refractivity contribution in [2.75, 3.05) is 78.8 Å². The minimum absolute atomic E-state index is 0.206. The number of carbonyl (C=O) groups is 4. The van der Waals surface area contributed by atoms with Gasteiger partial charge in [-0.25, -0.2) is 0 Å². The number of carbonyl (C=O) groups excluding carboxylic acids is 4. The molecule has 2 heterocycles. The molecule has 0 spiro atoms. The van der Waals surface area contributed by atoms with Crippen LogP contribution in [0.5, 0.6) is 23.0 Å². The number of amides is 4. The van der Waals surface area contributed by atoms with Crippen LogP contribution in [0.4, 0.5) is 0 Å². The largest absolute Gasteiger partial charge is 0.483 e. The highest BCUT2D eigenvalue weighted by Gasteiger charge is 2.23. The summed E-state index contributed by atoms with van der Waals surface area (Å²) in [6.07, 6.45) is 1.44. The zero-order valence-corrected chi connectivity index (χ0v) is 32.5.